The normalized spacial score (nSPS) is 22.5. The molecule has 0 saturated carbocycles. The van der Waals surface area contributed by atoms with Gasteiger partial charge in [-0.25, -0.2) is 0 Å². The summed E-state index contributed by atoms with van der Waals surface area (Å²) in [6, 6.07) is 0. The second-order valence-electron chi connectivity index (χ2n) is 3.85. The highest BCUT2D eigenvalue weighted by Gasteiger charge is 2.19. The van der Waals surface area contributed by atoms with E-state index in [0.717, 1.165) is 45.8 Å². The lowest BCUT2D eigenvalue weighted by molar-refractivity contribution is 0.0748. The Morgan fingerprint density at radius 1 is 1.29 bits per heavy atom. The van der Waals surface area contributed by atoms with Crippen LogP contribution in [-0.2, 0) is 4.74 Å². The minimum atomic E-state index is 0.250. The first kappa shape index (κ1) is 11.9. The van der Waals surface area contributed by atoms with E-state index in [-0.39, 0.29) is 6.17 Å². The van der Waals surface area contributed by atoms with Crippen molar-refractivity contribution in [1.29, 1.82) is 0 Å². The Balaban J connectivity index is 2.17. The number of hydrogen-bond donors (Lipinski definition) is 1. The van der Waals surface area contributed by atoms with Crippen molar-refractivity contribution in [3.8, 4) is 0 Å². The van der Waals surface area contributed by atoms with Gasteiger partial charge in [0.1, 0.15) is 0 Å². The molecule has 0 radical (unpaired) electrons. The standard InChI is InChI=1S/C10H23N3O/c1-3-10(11)13-6-4-12(5-7-13)8-9-14-2/h10H,3-9,11H2,1-2H3/t10-/m0/s1. The molecule has 0 unspecified atom stereocenters. The molecule has 0 spiro atoms. The molecule has 84 valence electrons. The van der Waals surface area contributed by atoms with E-state index in [9.17, 15) is 0 Å². The number of methoxy groups -OCH3 is 1. The van der Waals surface area contributed by atoms with Crippen LogP contribution in [0.3, 0.4) is 0 Å². The van der Waals surface area contributed by atoms with Gasteiger partial charge in [-0.3, -0.25) is 9.80 Å². The molecular formula is C10H23N3O. The molecule has 1 rings (SSSR count). The zero-order chi connectivity index (χ0) is 10.4. The third kappa shape index (κ3) is 3.53. The van der Waals surface area contributed by atoms with E-state index in [1.807, 2.05) is 0 Å². The number of nitrogens with zero attached hydrogens (tertiary/aromatic N) is 2. The topological polar surface area (TPSA) is 41.7 Å². The van der Waals surface area contributed by atoms with Crippen LogP contribution >= 0.6 is 0 Å². The molecule has 1 heterocycles. The first-order valence-electron chi connectivity index (χ1n) is 5.48. The van der Waals surface area contributed by atoms with Gasteiger partial charge in [0, 0.05) is 39.8 Å². The zero-order valence-corrected chi connectivity index (χ0v) is 9.41. The summed E-state index contributed by atoms with van der Waals surface area (Å²) < 4.78 is 5.06. The minimum absolute atomic E-state index is 0.250. The van der Waals surface area contributed by atoms with Crippen LogP contribution in [0.4, 0.5) is 0 Å². The van der Waals surface area contributed by atoms with E-state index < -0.39 is 0 Å². The van der Waals surface area contributed by atoms with Gasteiger partial charge in [0.15, 0.2) is 0 Å². The summed E-state index contributed by atoms with van der Waals surface area (Å²) in [4.78, 5) is 4.80. The summed E-state index contributed by atoms with van der Waals surface area (Å²) in [6.45, 7) is 8.46. The molecule has 1 saturated heterocycles. The third-order valence-electron chi connectivity index (χ3n) is 2.91. The summed E-state index contributed by atoms with van der Waals surface area (Å²) >= 11 is 0. The summed E-state index contributed by atoms with van der Waals surface area (Å²) in [5.41, 5.74) is 5.98. The van der Waals surface area contributed by atoms with Gasteiger partial charge < -0.3 is 10.5 Å². The van der Waals surface area contributed by atoms with Crippen LogP contribution in [0.2, 0.25) is 0 Å². The Hall–Kier alpha value is -0.160. The van der Waals surface area contributed by atoms with E-state index in [1.54, 1.807) is 7.11 Å². The fourth-order valence-corrected chi connectivity index (χ4v) is 1.80. The molecule has 0 aromatic carbocycles. The highest BCUT2D eigenvalue weighted by Crippen LogP contribution is 2.05. The van der Waals surface area contributed by atoms with E-state index >= 15 is 0 Å². The lowest BCUT2D eigenvalue weighted by atomic mass is 10.2. The Kier molecular flexibility index (Phi) is 5.40. The fraction of sp³-hybridized carbons (Fsp3) is 1.00. The SMILES string of the molecule is CC[C@@H](N)N1CCN(CCOC)CC1. The van der Waals surface area contributed by atoms with Crippen molar-refractivity contribution in [2.24, 2.45) is 5.73 Å². The van der Waals surface area contributed by atoms with Gasteiger partial charge in [-0.1, -0.05) is 6.92 Å². The summed E-state index contributed by atoms with van der Waals surface area (Å²) in [5, 5.41) is 0. The van der Waals surface area contributed by atoms with Crippen LogP contribution in [0.5, 0.6) is 0 Å². The highest BCUT2D eigenvalue weighted by molar-refractivity contribution is 4.74. The lowest BCUT2D eigenvalue weighted by Gasteiger charge is -2.37. The first-order chi connectivity index (χ1) is 6.77. The number of hydrogen-bond acceptors (Lipinski definition) is 4. The number of nitrogens with two attached hydrogens (primary N) is 1. The van der Waals surface area contributed by atoms with Crippen molar-refractivity contribution in [1.82, 2.24) is 9.80 Å². The van der Waals surface area contributed by atoms with E-state index in [4.69, 9.17) is 10.5 Å². The molecule has 0 aromatic heterocycles. The van der Waals surface area contributed by atoms with Crippen LogP contribution < -0.4 is 5.73 Å². The van der Waals surface area contributed by atoms with Gasteiger partial charge in [-0.05, 0) is 6.42 Å². The fourth-order valence-electron chi connectivity index (χ4n) is 1.80. The second-order valence-corrected chi connectivity index (χ2v) is 3.85. The van der Waals surface area contributed by atoms with Crippen LogP contribution in [-0.4, -0.2) is 62.4 Å². The first-order valence-corrected chi connectivity index (χ1v) is 5.48. The van der Waals surface area contributed by atoms with Gasteiger partial charge in [0.2, 0.25) is 0 Å². The molecule has 4 nitrogen and oxygen atoms in total. The van der Waals surface area contributed by atoms with Gasteiger partial charge in [0.25, 0.3) is 0 Å². The summed E-state index contributed by atoms with van der Waals surface area (Å²) in [6.07, 6.45) is 1.29. The maximum Gasteiger partial charge on any atom is 0.0589 e. The van der Waals surface area contributed by atoms with Crippen molar-refractivity contribution in [2.75, 3.05) is 46.4 Å². The maximum atomic E-state index is 5.98. The average molecular weight is 201 g/mol. The quantitative estimate of drug-likeness (QED) is 0.677. The third-order valence-corrected chi connectivity index (χ3v) is 2.91. The maximum absolute atomic E-state index is 5.98. The molecule has 0 aromatic rings. The molecule has 1 fully saturated rings. The van der Waals surface area contributed by atoms with Crippen LogP contribution in [0.1, 0.15) is 13.3 Å². The average Bonchev–Trinajstić information content (AvgIpc) is 2.26. The number of piperazine rings is 1. The Labute approximate surface area is 87.0 Å². The van der Waals surface area contributed by atoms with Crippen LogP contribution in [0.15, 0.2) is 0 Å². The Bertz CT molecular complexity index is 146. The van der Waals surface area contributed by atoms with E-state index in [1.165, 1.54) is 0 Å². The van der Waals surface area contributed by atoms with Crippen LogP contribution in [0, 0.1) is 0 Å². The van der Waals surface area contributed by atoms with E-state index in [2.05, 4.69) is 16.7 Å². The van der Waals surface area contributed by atoms with Crippen molar-refractivity contribution in [3.05, 3.63) is 0 Å². The van der Waals surface area contributed by atoms with Crippen molar-refractivity contribution >= 4 is 0 Å². The van der Waals surface area contributed by atoms with Gasteiger partial charge in [-0.15, -0.1) is 0 Å². The predicted molar refractivity (Wildman–Crippen MR) is 58.2 cm³/mol. The smallest absolute Gasteiger partial charge is 0.0589 e. The molecule has 1 aliphatic rings. The molecule has 2 N–H and O–H groups in total. The summed E-state index contributed by atoms with van der Waals surface area (Å²) in [5.74, 6) is 0. The lowest BCUT2D eigenvalue weighted by Crippen LogP contribution is -2.53. The second kappa shape index (κ2) is 6.35. The van der Waals surface area contributed by atoms with Gasteiger partial charge in [0.05, 0.1) is 12.8 Å². The van der Waals surface area contributed by atoms with Crippen molar-refractivity contribution in [3.63, 3.8) is 0 Å². The van der Waals surface area contributed by atoms with E-state index in [0.29, 0.717) is 0 Å². The molecule has 0 bridgehead atoms. The Morgan fingerprint density at radius 3 is 2.43 bits per heavy atom. The van der Waals surface area contributed by atoms with Crippen LogP contribution in [0.25, 0.3) is 0 Å². The number of ether oxygens (including phenoxy) is 1. The van der Waals surface area contributed by atoms with Crippen molar-refractivity contribution < 1.29 is 4.74 Å². The van der Waals surface area contributed by atoms with Crippen molar-refractivity contribution in [2.45, 2.75) is 19.5 Å². The number of rotatable bonds is 5. The zero-order valence-electron chi connectivity index (χ0n) is 9.41. The van der Waals surface area contributed by atoms with Gasteiger partial charge >= 0.3 is 0 Å². The molecular weight excluding hydrogens is 178 g/mol. The minimum Gasteiger partial charge on any atom is -0.383 e. The highest BCUT2D eigenvalue weighted by atomic mass is 16.5. The summed E-state index contributed by atoms with van der Waals surface area (Å²) in [7, 11) is 1.75. The molecule has 0 amide bonds. The monoisotopic (exact) mass is 201 g/mol. The molecule has 4 heteroatoms. The molecule has 1 aliphatic heterocycles. The molecule has 0 aliphatic carbocycles. The molecule has 14 heavy (non-hydrogen) atoms. The van der Waals surface area contributed by atoms with Gasteiger partial charge in [-0.2, -0.15) is 0 Å². The largest absolute Gasteiger partial charge is 0.383 e. The predicted octanol–water partition coefficient (Wildman–Crippen LogP) is -0.0548. The molecule has 1 atom stereocenters. The Morgan fingerprint density at radius 2 is 1.93 bits per heavy atom.